The van der Waals surface area contributed by atoms with Crippen molar-refractivity contribution in [1.82, 2.24) is 9.97 Å². The Kier molecular flexibility index (Phi) is 6.86. The summed E-state index contributed by atoms with van der Waals surface area (Å²) >= 11 is 1.51. The number of aromatic nitrogens is 2. The molecule has 1 atom stereocenters. The van der Waals surface area contributed by atoms with Crippen LogP contribution in [0.1, 0.15) is 49.1 Å². The molecule has 1 aromatic heterocycles. The van der Waals surface area contributed by atoms with E-state index in [4.69, 9.17) is 14.7 Å². The van der Waals surface area contributed by atoms with Crippen LogP contribution < -0.4 is 14.4 Å². The maximum atomic E-state index is 6.72. The van der Waals surface area contributed by atoms with Crippen molar-refractivity contribution in [3.63, 3.8) is 0 Å². The molecule has 5 rings (SSSR count). The van der Waals surface area contributed by atoms with Gasteiger partial charge in [-0.25, -0.2) is 4.98 Å². The lowest BCUT2D eigenvalue weighted by Gasteiger charge is -2.29. The zero-order valence-electron chi connectivity index (χ0n) is 22.4. The smallest absolute Gasteiger partial charge is 0.237 e. The van der Waals surface area contributed by atoms with Crippen molar-refractivity contribution < 1.29 is 4.74 Å². The van der Waals surface area contributed by atoms with Gasteiger partial charge in [0, 0.05) is 29.3 Å². The summed E-state index contributed by atoms with van der Waals surface area (Å²) < 4.78 is 10.1. The maximum absolute atomic E-state index is 6.72. The molecule has 1 unspecified atom stereocenters. The van der Waals surface area contributed by atoms with Crippen molar-refractivity contribution >= 4 is 23.6 Å². The zero-order chi connectivity index (χ0) is 26.2. The van der Waals surface area contributed by atoms with E-state index >= 15 is 0 Å². The molecule has 1 aliphatic rings. The minimum absolute atomic E-state index is 0.0421. The van der Waals surface area contributed by atoms with Gasteiger partial charge in [0.1, 0.15) is 6.10 Å². The molecule has 4 aromatic rings. The van der Waals surface area contributed by atoms with Crippen molar-refractivity contribution in [3.8, 4) is 17.1 Å². The predicted molar refractivity (Wildman–Crippen MR) is 155 cm³/mol. The fourth-order valence-corrected chi connectivity index (χ4v) is 5.31. The van der Waals surface area contributed by atoms with Crippen molar-refractivity contribution in [1.29, 1.82) is 0 Å². The normalized spacial score (nSPS) is 15.7. The molecule has 0 saturated carbocycles. The molecule has 0 saturated heterocycles. The van der Waals surface area contributed by atoms with E-state index in [9.17, 15) is 0 Å². The fourth-order valence-electron chi connectivity index (χ4n) is 4.68. The summed E-state index contributed by atoms with van der Waals surface area (Å²) in [6, 6.07) is 25.5. The van der Waals surface area contributed by atoms with Crippen LogP contribution in [0.2, 0.25) is 0 Å². The van der Waals surface area contributed by atoms with Crippen LogP contribution in [0.5, 0.6) is 5.88 Å². The Bertz CT molecular complexity index is 1410. The number of nitrogens with zero attached hydrogens (tertiary/aromatic N) is 3. The highest BCUT2D eigenvalue weighted by molar-refractivity contribution is 8.00. The standard InChI is InChI=1S/C31H34N4OS/c1-20-10-7-11-21(2)29(20)26-18-28-33-30(32-26)34-37-25-15-9-14-24(17-25)35(6)19-27(36-28)22-12-8-13-23(16-22)31(3,4)5/h7-18,27H,19H2,1-6H3,(H,32,33,34). The number of fused-ring (bicyclic) bond motifs is 4. The quantitative estimate of drug-likeness (QED) is 0.278. The lowest BCUT2D eigenvalue weighted by molar-refractivity contribution is 0.203. The monoisotopic (exact) mass is 510 g/mol. The molecule has 0 aliphatic carbocycles. The van der Waals surface area contributed by atoms with E-state index in [0.29, 0.717) is 18.4 Å². The first-order valence-electron chi connectivity index (χ1n) is 12.6. The molecule has 1 N–H and O–H groups in total. The van der Waals surface area contributed by atoms with Gasteiger partial charge in [0.2, 0.25) is 11.8 Å². The molecule has 0 fully saturated rings. The van der Waals surface area contributed by atoms with Crippen molar-refractivity contribution in [2.24, 2.45) is 0 Å². The Labute approximate surface area is 224 Å². The molecular formula is C31H34N4OS. The van der Waals surface area contributed by atoms with Crippen LogP contribution in [-0.4, -0.2) is 23.6 Å². The van der Waals surface area contributed by atoms with Crippen molar-refractivity contribution in [2.45, 2.75) is 51.0 Å². The lowest BCUT2D eigenvalue weighted by Crippen LogP contribution is -2.28. The summed E-state index contributed by atoms with van der Waals surface area (Å²) in [4.78, 5) is 13.0. The number of likely N-dealkylation sites (N-methyl/N-ethyl adjacent to an activating group) is 1. The Morgan fingerprint density at radius 3 is 2.41 bits per heavy atom. The highest BCUT2D eigenvalue weighted by Crippen LogP contribution is 2.34. The van der Waals surface area contributed by atoms with E-state index in [0.717, 1.165) is 27.4 Å². The van der Waals surface area contributed by atoms with E-state index < -0.39 is 0 Å². The molecule has 0 spiro atoms. The van der Waals surface area contributed by atoms with Crippen LogP contribution in [0.3, 0.4) is 0 Å². The SMILES string of the molecule is Cc1cccc(C)c1-c1cc2nc(n1)NSc1cccc(c1)N(C)CC(c1cccc(C(C)(C)C)c1)O2. The molecule has 0 amide bonds. The summed E-state index contributed by atoms with van der Waals surface area (Å²) in [7, 11) is 2.11. The minimum Gasteiger partial charge on any atom is -0.467 e. The first-order valence-corrected chi connectivity index (χ1v) is 13.5. The number of rotatable bonds is 2. The first-order chi connectivity index (χ1) is 17.7. The Morgan fingerprint density at radius 1 is 0.919 bits per heavy atom. The second-order valence-corrected chi connectivity index (χ2v) is 11.6. The average Bonchev–Trinajstić information content (AvgIpc) is 2.86. The number of nitrogens with one attached hydrogen (secondary N) is 1. The molecule has 5 nitrogen and oxygen atoms in total. The van der Waals surface area contributed by atoms with Gasteiger partial charge < -0.3 is 9.64 Å². The highest BCUT2D eigenvalue weighted by atomic mass is 32.2. The molecule has 4 bridgehead atoms. The average molecular weight is 511 g/mol. The predicted octanol–water partition coefficient (Wildman–Crippen LogP) is 7.75. The van der Waals surface area contributed by atoms with E-state index in [1.807, 2.05) is 6.07 Å². The van der Waals surface area contributed by atoms with E-state index in [2.05, 4.69) is 118 Å². The molecular weight excluding hydrogens is 476 g/mol. The fraction of sp³-hybridized carbons (Fsp3) is 0.290. The van der Waals surface area contributed by atoms with Gasteiger partial charge in [0.05, 0.1) is 12.2 Å². The van der Waals surface area contributed by atoms with Gasteiger partial charge in [0.15, 0.2) is 0 Å². The van der Waals surface area contributed by atoms with E-state index in [1.165, 1.54) is 28.6 Å². The van der Waals surface area contributed by atoms with Gasteiger partial charge in [-0.15, -0.1) is 0 Å². The largest absolute Gasteiger partial charge is 0.467 e. The third-order valence-corrected chi connectivity index (χ3v) is 7.56. The van der Waals surface area contributed by atoms with Crippen LogP contribution in [0.25, 0.3) is 11.3 Å². The van der Waals surface area contributed by atoms with Gasteiger partial charge in [-0.05, 0) is 71.7 Å². The minimum atomic E-state index is -0.225. The topological polar surface area (TPSA) is 50.3 Å². The third-order valence-electron chi connectivity index (χ3n) is 6.79. The Balaban J connectivity index is 1.64. The maximum Gasteiger partial charge on any atom is 0.237 e. The van der Waals surface area contributed by atoms with Crippen LogP contribution in [-0.2, 0) is 5.41 Å². The number of hydrogen-bond acceptors (Lipinski definition) is 6. The number of ether oxygens (including phenoxy) is 1. The van der Waals surface area contributed by atoms with Crippen LogP contribution in [0, 0.1) is 13.8 Å². The molecule has 3 aromatic carbocycles. The summed E-state index contributed by atoms with van der Waals surface area (Å²) in [6.07, 6.45) is -0.225. The number of anilines is 2. The highest BCUT2D eigenvalue weighted by Gasteiger charge is 2.23. The van der Waals surface area contributed by atoms with Gasteiger partial charge in [-0.1, -0.05) is 69.3 Å². The second kappa shape index (κ2) is 10.1. The molecule has 1 aliphatic heterocycles. The van der Waals surface area contributed by atoms with Crippen LogP contribution in [0.4, 0.5) is 11.6 Å². The molecule has 6 heteroatoms. The lowest BCUT2D eigenvalue weighted by atomic mass is 9.85. The van der Waals surface area contributed by atoms with Gasteiger partial charge in [-0.3, -0.25) is 4.72 Å². The van der Waals surface area contributed by atoms with Gasteiger partial charge in [-0.2, -0.15) is 4.98 Å². The zero-order valence-corrected chi connectivity index (χ0v) is 23.2. The van der Waals surface area contributed by atoms with Crippen LogP contribution >= 0.6 is 11.9 Å². The first kappa shape index (κ1) is 25.2. The Morgan fingerprint density at radius 2 is 1.65 bits per heavy atom. The number of hydrogen-bond donors (Lipinski definition) is 1. The van der Waals surface area contributed by atoms with Gasteiger partial charge >= 0.3 is 0 Å². The summed E-state index contributed by atoms with van der Waals surface area (Å²) in [5.74, 6) is 1.08. The van der Waals surface area contributed by atoms with Crippen molar-refractivity contribution in [3.05, 3.63) is 95.1 Å². The number of benzene rings is 3. The Hall–Kier alpha value is -3.51. The molecule has 2 heterocycles. The van der Waals surface area contributed by atoms with Crippen molar-refractivity contribution in [2.75, 3.05) is 23.2 Å². The summed E-state index contributed by atoms with van der Waals surface area (Å²) in [6.45, 7) is 11.6. The number of aryl methyl sites for hydroxylation is 2. The molecule has 37 heavy (non-hydrogen) atoms. The summed E-state index contributed by atoms with van der Waals surface area (Å²) in [5.41, 5.74) is 7.89. The second-order valence-electron chi connectivity index (χ2n) is 10.7. The summed E-state index contributed by atoms with van der Waals surface area (Å²) in [5, 5.41) is 0. The third kappa shape index (κ3) is 5.59. The van der Waals surface area contributed by atoms with Crippen LogP contribution in [0.15, 0.2) is 77.7 Å². The van der Waals surface area contributed by atoms with Gasteiger partial charge in [0.25, 0.3) is 0 Å². The molecule has 0 radical (unpaired) electrons. The van der Waals surface area contributed by atoms with E-state index in [-0.39, 0.29) is 11.5 Å². The molecule has 190 valence electrons. The van der Waals surface area contributed by atoms with E-state index in [1.54, 1.807) is 0 Å².